The van der Waals surface area contributed by atoms with Crippen LogP contribution in [0.1, 0.15) is 17.7 Å². The van der Waals surface area contributed by atoms with Crippen LogP contribution in [0.5, 0.6) is 0 Å². The van der Waals surface area contributed by atoms with Gasteiger partial charge in [0.2, 0.25) is 5.91 Å². The molecule has 0 saturated carbocycles. The van der Waals surface area contributed by atoms with E-state index in [4.69, 9.17) is 5.11 Å². The molecule has 1 amide bonds. The standard InChI is InChI=1S/C13H15NO5S/c1-19-12(16)7-5-10(13(17)18)14-11(15)6-4-9-3-2-8-20-9/h2-4,6,8,10H,5,7H2,1H3,(H,14,15)(H,17,18)/b6-4+. The van der Waals surface area contributed by atoms with Crippen molar-refractivity contribution >= 4 is 35.3 Å². The quantitative estimate of drug-likeness (QED) is 0.584. The molecule has 2 N–H and O–H groups in total. The summed E-state index contributed by atoms with van der Waals surface area (Å²) in [5, 5.41) is 13.2. The van der Waals surface area contributed by atoms with Gasteiger partial charge in [0.25, 0.3) is 0 Å². The van der Waals surface area contributed by atoms with Gasteiger partial charge in [-0.1, -0.05) is 6.07 Å². The first-order chi connectivity index (χ1) is 9.52. The van der Waals surface area contributed by atoms with Gasteiger partial charge in [0.15, 0.2) is 0 Å². The first-order valence-electron chi connectivity index (χ1n) is 5.84. The molecule has 0 aliphatic carbocycles. The Bertz CT molecular complexity index is 495. The summed E-state index contributed by atoms with van der Waals surface area (Å²) < 4.78 is 4.42. The molecule has 20 heavy (non-hydrogen) atoms. The van der Waals surface area contributed by atoms with E-state index in [2.05, 4.69) is 10.1 Å². The highest BCUT2D eigenvalue weighted by Gasteiger charge is 2.20. The van der Waals surface area contributed by atoms with E-state index in [1.807, 2.05) is 17.5 Å². The molecule has 1 rings (SSSR count). The molecule has 7 heteroatoms. The van der Waals surface area contributed by atoms with Crippen LogP contribution in [0.4, 0.5) is 0 Å². The first kappa shape index (κ1) is 15.9. The van der Waals surface area contributed by atoms with Gasteiger partial charge in [0.1, 0.15) is 6.04 Å². The Hall–Kier alpha value is -2.15. The number of amides is 1. The van der Waals surface area contributed by atoms with Crippen molar-refractivity contribution in [1.82, 2.24) is 5.32 Å². The maximum atomic E-state index is 11.6. The Morgan fingerprint density at radius 2 is 2.25 bits per heavy atom. The van der Waals surface area contributed by atoms with Crippen molar-refractivity contribution in [3.05, 3.63) is 28.5 Å². The highest BCUT2D eigenvalue weighted by Crippen LogP contribution is 2.10. The van der Waals surface area contributed by atoms with E-state index >= 15 is 0 Å². The zero-order valence-electron chi connectivity index (χ0n) is 10.9. The number of carbonyl (C=O) groups is 3. The fraction of sp³-hybridized carbons (Fsp3) is 0.308. The lowest BCUT2D eigenvalue weighted by molar-refractivity contribution is -0.143. The number of thiophene rings is 1. The second-order valence-corrected chi connectivity index (χ2v) is 4.84. The van der Waals surface area contributed by atoms with Crippen LogP contribution >= 0.6 is 11.3 Å². The lowest BCUT2D eigenvalue weighted by Crippen LogP contribution is -2.40. The van der Waals surface area contributed by atoms with Gasteiger partial charge in [-0.3, -0.25) is 9.59 Å². The van der Waals surface area contributed by atoms with Crippen LogP contribution in [0.2, 0.25) is 0 Å². The number of aliphatic carboxylic acids is 1. The van der Waals surface area contributed by atoms with E-state index in [0.717, 1.165) is 4.88 Å². The molecule has 0 spiro atoms. The molecule has 0 aliphatic heterocycles. The number of carboxylic acid groups (broad SMARTS) is 1. The number of esters is 1. The molecule has 108 valence electrons. The van der Waals surface area contributed by atoms with E-state index in [0.29, 0.717) is 0 Å². The number of hydrogen-bond donors (Lipinski definition) is 2. The Balaban J connectivity index is 2.50. The van der Waals surface area contributed by atoms with Crippen LogP contribution in [0.25, 0.3) is 6.08 Å². The highest BCUT2D eigenvalue weighted by molar-refractivity contribution is 7.10. The van der Waals surface area contributed by atoms with Gasteiger partial charge in [-0.15, -0.1) is 11.3 Å². The van der Waals surface area contributed by atoms with E-state index in [9.17, 15) is 14.4 Å². The Morgan fingerprint density at radius 3 is 2.80 bits per heavy atom. The topological polar surface area (TPSA) is 92.7 Å². The van der Waals surface area contributed by atoms with Crippen molar-refractivity contribution in [2.45, 2.75) is 18.9 Å². The minimum Gasteiger partial charge on any atom is -0.480 e. The molecule has 1 heterocycles. The molecule has 0 aromatic carbocycles. The van der Waals surface area contributed by atoms with Gasteiger partial charge in [-0.25, -0.2) is 4.79 Å². The summed E-state index contributed by atoms with van der Waals surface area (Å²) in [4.78, 5) is 34.4. The highest BCUT2D eigenvalue weighted by atomic mass is 32.1. The number of ether oxygens (including phenoxy) is 1. The normalized spacial score (nSPS) is 12.1. The molecule has 0 radical (unpaired) electrons. The average molecular weight is 297 g/mol. The van der Waals surface area contributed by atoms with Crippen molar-refractivity contribution in [1.29, 1.82) is 0 Å². The third kappa shape index (κ3) is 5.66. The van der Waals surface area contributed by atoms with Crippen molar-refractivity contribution in [3.8, 4) is 0 Å². The number of hydrogen-bond acceptors (Lipinski definition) is 5. The number of carbonyl (C=O) groups excluding carboxylic acids is 2. The van der Waals surface area contributed by atoms with Gasteiger partial charge in [0, 0.05) is 17.4 Å². The minimum atomic E-state index is -1.19. The lowest BCUT2D eigenvalue weighted by atomic mass is 10.1. The van der Waals surface area contributed by atoms with Crippen LogP contribution in [-0.4, -0.2) is 36.1 Å². The average Bonchev–Trinajstić information content (AvgIpc) is 2.93. The SMILES string of the molecule is COC(=O)CCC(NC(=O)/C=C/c1cccs1)C(=O)O. The summed E-state index contributed by atoms with van der Waals surface area (Å²) in [5.74, 6) is -2.22. The van der Waals surface area contributed by atoms with Crippen molar-refractivity contribution in [3.63, 3.8) is 0 Å². The van der Waals surface area contributed by atoms with Crippen LogP contribution in [-0.2, 0) is 19.1 Å². The monoisotopic (exact) mass is 297 g/mol. The molecule has 1 aromatic rings. The summed E-state index contributed by atoms with van der Waals surface area (Å²) in [5.41, 5.74) is 0. The molecular formula is C13H15NO5S. The van der Waals surface area contributed by atoms with Crippen LogP contribution in [0.15, 0.2) is 23.6 Å². The predicted molar refractivity (Wildman–Crippen MR) is 74.2 cm³/mol. The Kier molecular flexibility index (Phi) is 6.45. The molecule has 6 nitrogen and oxygen atoms in total. The smallest absolute Gasteiger partial charge is 0.326 e. The maximum absolute atomic E-state index is 11.6. The minimum absolute atomic E-state index is 0.0133. The van der Waals surface area contributed by atoms with Crippen LogP contribution < -0.4 is 5.32 Å². The van der Waals surface area contributed by atoms with E-state index in [1.54, 1.807) is 6.08 Å². The van der Waals surface area contributed by atoms with Crippen molar-refractivity contribution in [2.24, 2.45) is 0 Å². The van der Waals surface area contributed by atoms with Crippen molar-refractivity contribution in [2.75, 3.05) is 7.11 Å². The Labute approximate surface area is 120 Å². The van der Waals surface area contributed by atoms with E-state index in [-0.39, 0.29) is 12.8 Å². The summed E-state index contributed by atoms with van der Waals surface area (Å²) in [6.45, 7) is 0. The number of carboxylic acids is 1. The van der Waals surface area contributed by atoms with E-state index < -0.39 is 23.9 Å². The Morgan fingerprint density at radius 1 is 1.50 bits per heavy atom. The third-order valence-corrected chi connectivity index (χ3v) is 3.26. The molecule has 0 saturated heterocycles. The predicted octanol–water partition coefficient (Wildman–Crippen LogP) is 1.28. The van der Waals surface area contributed by atoms with Gasteiger partial charge in [0.05, 0.1) is 7.11 Å². The number of nitrogens with one attached hydrogen (secondary N) is 1. The summed E-state index contributed by atoms with van der Waals surface area (Å²) in [6, 6.07) is 2.56. The molecule has 0 bridgehead atoms. The van der Waals surface area contributed by atoms with Gasteiger partial charge in [-0.2, -0.15) is 0 Å². The largest absolute Gasteiger partial charge is 0.480 e. The molecule has 0 aliphatic rings. The van der Waals surface area contributed by atoms with Gasteiger partial charge in [-0.05, 0) is 23.9 Å². The maximum Gasteiger partial charge on any atom is 0.326 e. The zero-order chi connectivity index (χ0) is 15.0. The molecule has 1 unspecified atom stereocenters. The van der Waals surface area contributed by atoms with Crippen molar-refractivity contribution < 1.29 is 24.2 Å². The summed E-state index contributed by atoms with van der Waals surface area (Å²) in [7, 11) is 1.22. The van der Waals surface area contributed by atoms with Gasteiger partial charge >= 0.3 is 11.9 Å². The van der Waals surface area contributed by atoms with Crippen LogP contribution in [0, 0.1) is 0 Å². The summed E-state index contributed by atoms with van der Waals surface area (Å²) in [6.07, 6.45) is 2.78. The summed E-state index contributed by atoms with van der Waals surface area (Å²) >= 11 is 1.46. The third-order valence-electron chi connectivity index (χ3n) is 2.42. The fourth-order valence-electron chi connectivity index (χ4n) is 1.39. The van der Waals surface area contributed by atoms with Gasteiger partial charge < -0.3 is 15.2 Å². The molecule has 0 fully saturated rings. The first-order valence-corrected chi connectivity index (χ1v) is 6.72. The second-order valence-electron chi connectivity index (χ2n) is 3.86. The number of methoxy groups -OCH3 is 1. The van der Waals surface area contributed by atoms with E-state index in [1.165, 1.54) is 24.5 Å². The van der Waals surface area contributed by atoms with Crippen LogP contribution in [0.3, 0.4) is 0 Å². The molecular weight excluding hydrogens is 282 g/mol. The fourth-order valence-corrected chi connectivity index (χ4v) is 2.00. The molecule has 1 atom stereocenters. The number of rotatable bonds is 7. The second kappa shape index (κ2) is 8.11. The zero-order valence-corrected chi connectivity index (χ0v) is 11.7. The molecule has 1 aromatic heterocycles. The lowest BCUT2D eigenvalue weighted by Gasteiger charge is -2.12.